The second-order valence-electron chi connectivity index (χ2n) is 3.55. The van der Waals surface area contributed by atoms with Crippen LogP contribution in [0.25, 0.3) is 10.9 Å². The van der Waals surface area contributed by atoms with Gasteiger partial charge in [0.25, 0.3) is 0 Å². The molecule has 80 valence electrons. The van der Waals surface area contributed by atoms with Crippen LogP contribution in [0.5, 0.6) is 5.75 Å². The lowest BCUT2D eigenvalue weighted by Crippen LogP contribution is -2.05. The summed E-state index contributed by atoms with van der Waals surface area (Å²) in [5.74, 6) is 0.840. The lowest BCUT2D eigenvalue weighted by molar-refractivity contribution is 0.415. The van der Waals surface area contributed by atoms with E-state index in [0.29, 0.717) is 0 Å². The monoisotopic (exact) mass is 268 g/mol. The van der Waals surface area contributed by atoms with Crippen LogP contribution < -0.4 is 10.5 Å². The Hall–Kier alpha value is -1.00. The van der Waals surface area contributed by atoms with Crippen LogP contribution >= 0.6 is 15.9 Å². The Morgan fingerprint density at radius 2 is 2.20 bits per heavy atom. The first-order chi connectivity index (χ1) is 7.13. The van der Waals surface area contributed by atoms with Crippen molar-refractivity contribution in [3.05, 3.63) is 28.4 Å². The third-order valence-electron chi connectivity index (χ3n) is 2.42. The van der Waals surface area contributed by atoms with E-state index in [-0.39, 0.29) is 6.04 Å². The lowest BCUT2D eigenvalue weighted by atomic mass is 10.2. The number of H-pyrrole nitrogens is 1. The van der Waals surface area contributed by atoms with E-state index in [4.69, 9.17) is 10.5 Å². The van der Waals surface area contributed by atoms with Gasteiger partial charge in [0, 0.05) is 27.7 Å². The average molecular weight is 269 g/mol. The molecule has 3 N–H and O–H groups in total. The highest BCUT2D eigenvalue weighted by Crippen LogP contribution is 2.32. The van der Waals surface area contributed by atoms with Crippen LogP contribution in [0, 0.1) is 0 Å². The zero-order valence-electron chi connectivity index (χ0n) is 8.67. The van der Waals surface area contributed by atoms with E-state index in [1.807, 2.05) is 25.1 Å². The summed E-state index contributed by atoms with van der Waals surface area (Å²) in [6.45, 7) is 1.95. The number of methoxy groups -OCH3 is 1. The van der Waals surface area contributed by atoms with Crippen molar-refractivity contribution in [1.29, 1.82) is 0 Å². The second-order valence-corrected chi connectivity index (χ2v) is 4.35. The first kappa shape index (κ1) is 10.5. The predicted octanol–water partition coefficient (Wildman–Crippen LogP) is 2.96. The van der Waals surface area contributed by atoms with Crippen molar-refractivity contribution < 1.29 is 4.74 Å². The van der Waals surface area contributed by atoms with E-state index in [1.165, 1.54) is 0 Å². The van der Waals surface area contributed by atoms with Gasteiger partial charge in [-0.2, -0.15) is 0 Å². The van der Waals surface area contributed by atoms with Gasteiger partial charge in [0.15, 0.2) is 0 Å². The summed E-state index contributed by atoms with van der Waals surface area (Å²) in [5.41, 5.74) is 7.90. The van der Waals surface area contributed by atoms with Crippen LogP contribution in [0.3, 0.4) is 0 Å². The molecule has 0 aliphatic rings. The number of aromatic amines is 1. The molecule has 0 spiro atoms. The van der Waals surface area contributed by atoms with E-state index in [0.717, 1.165) is 26.8 Å². The Morgan fingerprint density at radius 3 is 2.80 bits per heavy atom. The molecule has 0 aliphatic heterocycles. The summed E-state index contributed by atoms with van der Waals surface area (Å²) < 4.78 is 6.20. The Bertz CT molecular complexity index is 491. The van der Waals surface area contributed by atoms with E-state index in [1.54, 1.807) is 7.11 Å². The molecule has 0 fully saturated rings. The number of ether oxygens (including phenoxy) is 1. The smallest absolute Gasteiger partial charge is 0.120 e. The number of nitrogens with one attached hydrogen (secondary N) is 1. The molecular formula is C11H13BrN2O. The molecule has 1 aromatic carbocycles. The van der Waals surface area contributed by atoms with E-state index < -0.39 is 0 Å². The fourth-order valence-electron chi connectivity index (χ4n) is 1.60. The van der Waals surface area contributed by atoms with Gasteiger partial charge in [-0.05, 0) is 35.0 Å². The quantitative estimate of drug-likeness (QED) is 0.880. The standard InChI is InChI=1S/C11H13BrN2O/c1-6(13)11-10(12)8-4-3-7(15-2)5-9(8)14-11/h3-6,14H,13H2,1-2H3. The summed E-state index contributed by atoms with van der Waals surface area (Å²) in [5, 5.41) is 1.13. The molecule has 2 rings (SSSR count). The third kappa shape index (κ3) is 1.75. The van der Waals surface area contributed by atoms with Crippen LogP contribution in [0.1, 0.15) is 18.7 Å². The minimum absolute atomic E-state index is 0.0160. The zero-order valence-corrected chi connectivity index (χ0v) is 10.3. The molecule has 0 saturated heterocycles. The van der Waals surface area contributed by atoms with Gasteiger partial charge in [-0.3, -0.25) is 0 Å². The number of aromatic nitrogens is 1. The Morgan fingerprint density at radius 1 is 1.47 bits per heavy atom. The SMILES string of the molecule is COc1ccc2c(Br)c(C(C)N)[nH]c2c1. The van der Waals surface area contributed by atoms with Crippen molar-refractivity contribution in [3.63, 3.8) is 0 Å². The van der Waals surface area contributed by atoms with Crippen molar-refractivity contribution in [2.45, 2.75) is 13.0 Å². The largest absolute Gasteiger partial charge is 0.497 e. The van der Waals surface area contributed by atoms with Crippen LogP contribution in [0.4, 0.5) is 0 Å². The predicted molar refractivity (Wildman–Crippen MR) is 65.2 cm³/mol. The topological polar surface area (TPSA) is 51.0 Å². The molecule has 1 unspecified atom stereocenters. The van der Waals surface area contributed by atoms with Gasteiger partial charge in [-0.15, -0.1) is 0 Å². The molecule has 0 saturated carbocycles. The van der Waals surface area contributed by atoms with E-state index in [9.17, 15) is 0 Å². The molecule has 0 radical (unpaired) electrons. The van der Waals surface area contributed by atoms with Gasteiger partial charge in [0.1, 0.15) is 5.75 Å². The van der Waals surface area contributed by atoms with Crippen molar-refractivity contribution >= 4 is 26.8 Å². The van der Waals surface area contributed by atoms with Crippen LogP contribution in [-0.4, -0.2) is 12.1 Å². The number of hydrogen-bond donors (Lipinski definition) is 2. The third-order valence-corrected chi connectivity index (χ3v) is 3.28. The molecule has 3 nitrogen and oxygen atoms in total. The van der Waals surface area contributed by atoms with Crippen LogP contribution in [0.15, 0.2) is 22.7 Å². The normalized spacial score (nSPS) is 13.1. The highest BCUT2D eigenvalue weighted by atomic mass is 79.9. The maximum absolute atomic E-state index is 5.86. The van der Waals surface area contributed by atoms with Gasteiger partial charge in [-0.1, -0.05) is 0 Å². The van der Waals surface area contributed by atoms with Crippen molar-refractivity contribution in [2.24, 2.45) is 5.73 Å². The molecule has 0 amide bonds. The maximum Gasteiger partial charge on any atom is 0.120 e. The van der Waals surface area contributed by atoms with Crippen LogP contribution in [-0.2, 0) is 0 Å². The summed E-state index contributed by atoms with van der Waals surface area (Å²) in [6, 6.07) is 5.90. The van der Waals surface area contributed by atoms with E-state index >= 15 is 0 Å². The minimum atomic E-state index is -0.0160. The molecule has 1 aromatic heterocycles. The van der Waals surface area contributed by atoms with Crippen molar-refractivity contribution in [3.8, 4) is 5.75 Å². The highest BCUT2D eigenvalue weighted by Gasteiger charge is 2.12. The first-order valence-corrected chi connectivity index (χ1v) is 5.53. The van der Waals surface area contributed by atoms with Crippen molar-refractivity contribution in [2.75, 3.05) is 7.11 Å². The number of nitrogens with two attached hydrogens (primary N) is 1. The molecule has 1 atom stereocenters. The first-order valence-electron chi connectivity index (χ1n) is 4.74. The molecule has 2 aromatic rings. The van der Waals surface area contributed by atoms with E-state index in [2.05, 4.69) is 20.9 Å². The molecular weight excluding hydrogens is 256 g/mol. The average Bonchev–Trinajstić information content (AvgIpc) is 2.55. The molecule has 15 heavy (non-hydrogen) atoms. The Kier molecular flexibility index (Phi) is 2.71. The molecule has 1 heterocycles. The minimum Gasteiger partial charge on any atom is -0.497 e. The van der Waals surface area contributed by atoms with Gasteiger partial charge in [0.2, 0.25) is 0 Å². The zero-order chi connectivity index (χ0) is 11.0. The summed E-state index contributed by atoms with van der Waals surface area (Å²) in [4.78, 5) is 3.29. The number of halogens is 1. The molecule has 0 bridgehead atoms. The second kappa shape index (κ2) is 3.87. The fourth-order valence-corrected chi connectivity index (χ4v) is 2.41. The summed E-state index contributed by atoms with van der Waals surface area (Å²) >= 11 is 3.55. The molecule has 0 aliphatic carbocycles. The van der Waals surface area contributed by atoms with Gasteiger partial charge in [0.05, 0.1) is 12.6 Å². The molecule has 4 heteroatoms. The number of hydrogen-bond acceptors (Lipinski definition) is 2. The van der Waals surface area contributed by atoms with Crippen LogP contribution in [0.2, 0.25) is 0 Å². The fraction of sp³-hybridized carbons (Fsp3) is 0.273. The van der Waals surface area contributed by atoms with Gasteiger partial charge in [-0.25, -0.2) is 0 Å². The Balaban J connectivity index is 2.65. The number of fused-ring (bicyclic) bond motifs is 1. The summed E-state index contributed by atoms with van der Waals surface area (Å²) in [6.07, 6.45) is 0. The number of rotatable bonds is 2. The van der Waals surface area contributed by atoms with Gasteiger partial charge >= 0.3 is 0 Å². The van der Waals surface area contributed by atoms with Crippen molar-refractivity contribution in [1.82, 2.24) is 4.98 Å². The maximum atomic E-state index is 5.86. The lowest BCUT2D eigenvalue weighted by Gasteiger charge is -2.01. The Labute approximate surface area is 96.7 Å². The summed E-state index contributed by atoms with van der Waals surface area (Å²) in [7, 11) is 1.66. The van der Waals surface area contributed by atoms with Gasteiger partial charge < -0.3 is 15.5 Å². The number of benzene rings is 1. The highest BCUT2D eigenvalue weighted by molar-refractivity contribution is 9.10.